The normalized spacial score (nSPS) is 15.5. The first-order valence-electron chi connectivity index (χ1n) is 12.0. The van der Waals surface area contributed by atoms with E-state index in [9.17, 15) is 4.79 Å². The Morgan fingerprint density at radius 1 is 0.895 bits per heavy atom. The van der Waals surface area contributed by atoms with Gasteiger partial charge in [0.15, 0.2) is 5.17 Å². The molecular formula is C31H24Cl2N2O2S. The molecule has 4 nitrogen and oxygen atoms in total. The van der Waals surface area contributed by atoms with Gasteiger partial charge in [-0.1, -0.05) is 76.8 Å². The molecule has 1 saturated heterocycles. The van der Waals surface area contributed by atoms with Crippen molar-refractivity contribution < 1.29 is 9.53 Å². The molecule has 1 aliphatic heterocycles. The van der Waals surface area contributed by atoms with Gasteiger partial charge in [0.1, 0.15) is 12.4 Å². The van der Waals surface area contributed by atoms with Crippen LogP contribution in [0.1, 0.15) is 22.3 Å². The van der Waals surface area contributed by atoms with Crippen molar-refractivity contribution in [2.24, 2.45) is 4.99 Å². The van der Waals surface area contributed by atoms with Crippen molar-refractivity contribution in [1.82, 2.24) is 0 Å². The number of anilines is 1. The second-order valence-corrected chi connectivity index (χ2v) is 10.8. The Morgan fingerprint density at radius 3 is 2.32 bits per heavy atom. The number of amides is 1. The number of ether oxygens (including phenoxy) is 1. The molecule has 190 valence electrons. The second kappa shape index (κ2) is 11.5. The Labute approximate surface area is 236 Å². The zero-order chi connectivity index (χ0) is 26.6. The zero-order valence-electron chi connectivity index (χ0n) is 20.8. The third-order valence-corrected chi connectivity index (χ3v) is 7.48. The summed E-state index contributed by atoms with van der Waals surface area (Å²) in [6.45, 7) is 4.36. The van der Waals surface area contributed by atoms with Gasteiger partial charge in [-0.3, -0.25) is 9.69 Å². The number of amidine groups is 1. The molecule has 0 radical (unpaired) electrons. The van der Waals surface area contributed by atoms with E-state index >= 15 is 0 Å². The summed E-state index contributed by atoms with van der Waals surface area (Å²) in [6.07, 6.45) is 1.87. The average Bonchev–Trinajstić information content (AvgIpc) is 3.20. The number of carbonyl (C=O) groups is 1. The number of aryl methyl sites for hydroxylation is 2. The maximum atomic E-state index is 13.6. The van der Waals surface area contributed by atoms with Crippen molar-refractivity contribution in [3.05, 3.63) is 128 Å². The third-order valence-electron chi connectivity index (χ3n) is 5.92. The molecule has 0 spiro atoms. The van der Waals surface area contributed by atoms with Crippen LogP contribution in [0.2, 0.25) is 10.0 Å². The van der Waals surface area contributed by atoms with E-state index in [1.165, 1.54) is 11.8 Å². The Bertz CT molecular complexity index is 1550. The van der Waals surface area contributed by atoms with E-state index in [1.54, 1.807) is 17.0 Å². The molecule has 0 saturated carbocycles. The summed E-state index contributed by atoms with van der Waals surface area (Å²) in [6, 6.07) is 28.7. The number of thioether (sulfide) groups is 1. The predicted molar refractivity (Wildman–Crippen MR) is 160 cm³/mol. The van der Waals surface area contributed by atoms with E-state index in [0.717, 1.165) is 33.6 Å². The lowest BCUT2D eigenvalue weighted by Gasteiger charge is -2.16. The number of hydrogen-bond donors (Lipinski definition) is 0. The molecule has 5 rings (SSSR count). The summed E-state index contributed by atoms with van der Waals surface area (Å²) in [5.74, 6) is 0.550. The number of carbonyl (C=O) groups excluding carboxylic acids is 1. The van der Waals surface area contributed by atoms with Gasteiger partial charge in [-0.25, -0.2) is 4.99 Å². The fraction of sp³-hybridized carbons (Fsp3) is 0.0968. The SMILES string of the molecule is Cc1ccc(N=C2S/C(=C\c3cccc(OCc4ccc(Cl)cc4Cl)c3)C(=O)N2c2ccc(C)cc2)cc1. The summed E-state index contributed by atoms with van der Waals surface area (Å²) in [7, 11) is 0. The monoisotopic (exact) mass is 558 g/mol. The number of hydrogen-bond acceptors (Lipinski definition) is 4. The minimum Gasteiger partial charge on any atom is -0.489 e. The van der Waals surface area contributed by atoms with E-state index in [-0.39, 0.29) is 5.91 Å². The Kier molecular flexibility index (Phi) is 7.89. The fourth-order valence-electron chi connectivity index (χ4n) is 3.85. The van der Waals surface area contributed by atoms with Crippen LogP contribution in [0.5, 0.6) is 5.75 Å². The first-order chi connectivity index (χ1) is 18.4. The molecule has 1 amide bonds. The minimum atomic E-state index is -0.121. The standard InChI is InChI=1S/C31H24Cl2N2O2S/c1-20-6-12-25(13-7-20)34-31-35(26-14-8-21(2)9-15-26)30(36)29(38-31)17-22-4-3-5-27(16-22)37-19-23-10-11-24(32)18-28(23)33/h3-18H,19H2,1-2H3/b29-17-,34-31?. The number of halogens is 2. The largest absolute Gasteiger partial charge is 0.489 e. The molecule has 0 N–H and O–H groups in total. The highest BCUT2D eigenvalue weighted by atomic mass is 35.5. The van der Waals surface area contributed by atoms with Crippen molar-refractivity contribution in [2.75, 3.05) is 4.90 Å². The molecule has 0 unspecified atom stereocenters. The van der Waals surface area contributed by atoms with Crippen molar-refractivity contribution in [1.29, 1.82) is 0 Å². The average molecular weight is 560 g/mol. The maximum Gasteiger partial charge on any atom is 0.271 e. The summed E-state index contributed by atoms with van der Waals surface area (Å²) in [4.78, 5) is 20.7. The molecule has 0 atom stereocenters. The van der Waals surface area contributed by atoms with Crippen LogP contribution in [0.15, 0.2) is 101 Å². The molecule has 0 aliphatic carbocycles. The van der Waals surface area contributed by atoms with Gasteiger partial charge in [-0.2, -0.15) is 0 Å². The molecule has 0 bridgehead atoms. The molecule has 38 heavy (non-hydrogen) atoms. The molecule has 1 heterocycles. The second-order valence-electron chi connectivity index (χ2n) is 8.91. The smallest absolute Gasteiger partial charge is 0.271 e. The highest BCUT2D eigenvalue weighted by Crippen LogP contribution is 2.37. The topological polar surface area (TPSA) is 41.9 Å². The minimum absolute atomic E-state index is 0.121. The fourth-order valence-corrected chi connectivity index (χ4v) is 5.31. The lowest BCUT2D eigenvalue weighted by molar-refractivity contribution is -0.113. The first-order valence-corrected chi connectivity index (χ1v) is 13.6. The number of rotatable bonds is 6. The van der Waals surface area contributed by atoms with Gasteiger partial charge in [-0.05, 0) is 85.8 Å². The molecule has 4 aromatic carbocycles. The van der Waals surface area contributed by atoms with Crippen molar-refractivity contribution in [2.45, 2.75) is 20.5 Å². The Hall–Kier alpha value is -3.51. The Morgan fingerprint density at radius 2 is 1.61 bits per heavy atom. The molecule has 1 aliphatic rings. The van der Waals surface area contributed by atoms with E-state index in [0.29, 0.717) is 32.5 Å². The number of aliphatic imine (C=N–C) groups is 1. The molecule has 1 fully saturated rings. The summed E-state index contributed by atoms with van der Waals surface area (Å²) in [5, 5.41) is 1.75. The van der Waals surface area contributed by atoms with E-state index in [1.807, 2.05) is 98.8 Å². The van der Waals surface area contributed by atoms with Crippen molar-refractivity contribution in [3.63, 3.8) is 0 Å². The van der Waals surface area contributed by atoms with Crippen LogP contribution in [0.4, 0.5) is 11.4 Å². The summed E-state index contributed by atoms with van der Waals surface area (Å²) in [5.41, 5.74) is 5.53. The summed E-state index contributed by atoms with van der Waals surface area (Å²) < 4.78 is 5.97. The third kappa shape index (κ3) is 6.13. The van der Waals surface area contributed by atoms with Crippen LogP contribution in [0, 0.1) is 13.8 Å². The van der Waals surface area contributed by atoms with Crippen LogP contribution in [0.3, 0.4) is 0 Å². The number of nitrogens with zero attached hydrogens (tertiary/aromatic N) is 2. The van der Waals surface area contributed by atoms with Crippen molar-refractivity contribution >= 4 is 63.5 Å². The van der Waals surface area contributed by atoms with E-state index in [4.69, 9.17) is 32.9 Å². The highest BCUT2D eigenvalue weighted by Gasteiger charge is 2.34. The summed E-state index contributed by atoms with van der Waals surface area (Å²) >= 11 is 13.6. The molecule has 0 aromatic heterocycles. The van der Waals surface area contributed by atoms with E-state index in [2.05, 4.69) is 0 Å². The van der Waals surface area contributed by atoms with Crippen LogP contribution in [-0.2, 0) is 11.4 Å². The van der Waals surface area contributed by atoms with Gasteiger partial charge >= 0.3 is 0 Å². The first kappa shape index (κ1) is 26.1. The quantitative estimate of drug-likeness (QED) is 0.222. The van der Waals surface area contributed by atoms with Crippen molar-refractivity contribution in [3.8, 4) is 5.75 Å². The lowest BCUT2D eigenvalue weighted by Crippen LogP contribution is -2.28. The zero-order valence-corrected chi connectivity index (χ0v) is 23.1. The predicted octanol–water partition coefficient (Wildman–Crippen LogP) is 9.00. The van der Waals surface area contributed by atoms with Crippen LogP contribution in [0.25, 0.3) is 6.08 Å². The van der Waals surface area contributed by atoms with E-state index < -0.39 is 0 Å². The van der Waals surface area contributed by atoms with Gasteiger partial charge in [0, 0.05) is 15.6 Å². The van der Waals surface area contributed by atoms with Gasteiger partial charge in [-0.15, -0.1) is 0 Å². The molecule has 4 aromatic rings. The van der Waals surface area contributed by atoms with Gasteiger partial charge in [0.05, 0.1) is 16.3 Å². The number of benzene rings is 4. The van der Waals surface area contributed by atoms with Gasteiger partial charge in [0.2, 0.25) is 0 Å². The highest BCUT2D eigenvalue weighted by molar-refractivity contribution is 8.19. The van der Waals surface area contributed by atoms with Crippen LogP contribution >= 0.6 is 35.0 Å². The lowest BCUT2D eigenvalue weighted by atomic mass is 10.2. The van der Waals surface area contributed by atoms with Gasteiger partial charge in [0.25, 0.3) is 5.91 Å². The van der Waals surface area contributed by atoms with Gasteiger partial charge < -0.3 is 4.74 Å². The molecule has 7 heteroatoms. The van der Waals surface area contributed by atoms with Crippen LogP contribution < -0.4 is 9.64 Å². The maximum absolute atomic E-state index is 13.6. The molecular weight excluding hydrogens is 535 g/mol. The Balaban J connectivity index is 1.42. The van der Waals surface area contributed by atoms with Crippen LogP contribution in [-0.4, -0.2) is 11.1 Å².